The molecule has 0 spiro atoms. The Bertz CT molecular complexity index is 391. The van der Waals surface area contributed by atoms with E-state index in [1.54, 1.807) is 6.07 Å². The Kier molecular flexibility index (Phi) is 2.54. The summed E-state index contributed by atoms with van der Waals surface area (Å²) in [6, 6.07) is 1.69. The maximum absolute atomic E-state index is 13.6. The van der Waals surface area contributed by atoms with Crippen LogP contribution in [0.5, 0.6) is 0 Å². The highest BCUT2D eigenvalue weighted by Gasteiger charge is 2.45. The van der Waals surface area contributed by atoms with Crippen molar-refractivity contribution in [3.63, 3.8) is 0 Å². The zero-order chi connectivity index (χ0) is 11.1. The van der Waals surface area contributed by atoms with Gasteiger partial charge in [0.15, 0.2) is 5.13 Å². The average Bonchev–Trinajstić information content (AvgIpc) is 2.72. The first kappa shape index (κ1) is 10.6. The molecule has 0 saturated heterocycles. The minimum absolute atomic E-state index is 0.322. The van der Waals surface area contributed by atoms with E-state index < -0.39 is 11.4 Å². The number of carboxylic acids is 1. The van der Waals surface area contributed by atoms with Crippen LogP contribution in [0.3, 0.4) is 0 Å². The predicted molar refractivity (Wildman–Crippen MR) is 56.8 cm³/mol. The van der Waals surface area contributed by atoms with Crippen LogP contribution in [0.1, 0.15) is 36.1 Å². The van der Waals surface area contributed by atoms with Crippen molar-refractivity contribution in [2.24, 2.45) is 0 Å². The Morgan fingerprint density at radius 3 is 2.53 bits per heavy atom. The topological polar surface area (TPSA) is 37.3 Å². The Morgan fingerprint density at radius 1 is 1.53 bits per heavy atom. The third kappa shape index (κ3) is 1.57. The molecule has 1 aromatic heterocycles. The van der Waals surface area contributed by atoms with Crippen LogP contribution < -0.4 is 0 Å². The number of rotatable bonds is 2. The highest BCUT2D eigenvalue weighted by atomic mass is 32.1. The molecule has 1 aliphatic rings. The second-order valence-electron chi connectivity index (χ2n) is 4.14. The SMILES string of the molecule is Cc1cc(C2(C(=O)O)CCCC2)c(F)s1. The minimum Gasteiger partial charge on any atom is -0.481 e. The number of carbonyl (C=O) groups is 1. The summed E-state index contributed by atoms with van der Waals surface area (Å²) in [5.41, 5.74) is -0.551. The van der Waals surface area contributed by atoms with Gasteiger partial charge in [0.05, 0.1) is 5.41 Å². The van der Waals surface area contributed by atoms with Crippen LogP contribution in [-0.2, 0) is 10.2 Å². The fourth-order valence-corrected chi connectivity index (χ4v) is 3.21. The molecule has 1 fully saturated rings. The lowest BCUT2D eigenvalue weighted by Gasteiger charge is -2.22. The molecule has 1 saturated carbocycles. The molecule has 1 N–H and O–H groups in total. The zero-order valence-corrected chi connectivity index (χ0v) is 9.36. The van der Waals surface area contributed by atoms with Gasteiger partial charge in [-0.1, -0.05) is 12.8 Å². The van der Waals surface area contributed by atoms with E-state index in [0.29, 0.717) is 18.4 Å². The standard InChI is InChI=1S/C11H13FO2S/c1-7-6-8(9(12)15-7)11(10(13)14)4-2-3-5-11/h6H,2-5H2,1H3,(H,13,14). The second-order valence-corrected chi connectivity index (χ2v) is 5.35. The lowest BCUT2D eigenvalue weighted by Crippen LogP contribution is -2.32. The number of hydrogen-bond donors (Lipinski definition) is 1. The quantitative estimate of drug-likeness (QED) is 0.844. The Hall–Kier alpha value is -0.900. The Balaban J connectivity index is 2.49. The molecule has 1 aliphatic carbocycles. The van der Waals surface area contributed by atoms with E-state index in [9.17, 15) is 14.3 Å². The van der Waals surface area contributed by atoms with E-state index in [0.717, 1.165) is 29.1 Å². The highest BCUT2D eigenvalue weighted by molar-refractivity contribution is 7.10. The summed E-state index contributed by atoms with van der Waals surface area (Å²) in [7, 11) is 0. The van der Waals surface area contributed by atoms with Crippen molar-refractivity contribution in [2.75, 3.05) is 0 Å². The molecular weight excluding hydrogens is 215 g/mol. The molecular formula is C11H13FO2S. The third-order valence-electron chi connectivity index (χ3n) is 3.19. The van der Waals surface area contributed by atoms with Crippen LogP contribution in [0.15, 0.2) is 6.07 Å². The normalized spacial score (nSPS) is 19.3. The lowest BCUT2D eigenvalue weighted by molar-refractivity contribution is -0.143. The first-order valence-electron chi connectivity index (χ1n) is 5.06. The number of aryl methyl sites for hydroxylation is 1. The number of hydrogen-bond acceptors (Lipinski definition) is 2. The fourth-order valence-electron chi connectivity index (χ4n) is 2.39. The van der Waals surface area contributed by atoms with Crippen molar-refractivity contribution in [1.82, 2.24) is 0 Å². The van der Waals surface area contributed by atoms with E-state index in [2.05, 4.69) is 0 Å². The van der Waals surface area contributed by atoms with Crippen LogP contribution in [0.25, 0.3) is 0 Å². The highest BCUT2D eigenvalue weighted by Crippen LogP contribution is 2.44. The van der Waals surface area contributed by atoms with Gasteiger partial charge in [0.1, 0.15) is 0 Å². The number of aliphatic carboxylic acids is 1. The average molecular weight is 228 g/mol. The molecule has 0 radical (unpaired) electrons. The molecule has 0 unspecified atom stereocenters. The van der Waals surface area contributed by atoms with Gasteiger partial charge in [-0.3, -0.25) is 4.79 Å². The lowest BCUT2D eigenvalue weighted by atomic mass is 9.80. The smallest absolute Gasteiger partial charge is 0.314 e. The Morgan fingerprint density at radius 2 is 2.13 bits per heavy atom. The summed E-state index contributed by atoms with van der Waals surface area (Å²) in [5, 5.41) is 8.97. The van der Waals surface area contributed by atoms with E-state index in [4.69, 9.17) is 0 Å². The van der Waals surface area contributed by atoms with E-state index in [1.165, 1.54) is 0 Å². The molecule has 0 atom stereocenters. The minimum atomic E-state index is -0.950. The van der Waals surface area contributed by atoms with Gasteiger partial charge < -0.3 is 5.11 Å². The molecule has 0 aromatic carbocycles. The van der Waals surface area contributed by atoms with Crippen LogP contribution in [-0.4, -0.2) is 11.1 Å². The van der Waals surface area contributed by atoms with Crippen molar-refractivity contribution >= 4 is 17.3 Å². The number of thiophene rings is 1. The van der Waals surface area contributed by atoms with Crippen molar-refractivity contribution in [2.45, 2.75) is 38.0 Å². The van der Waals surface area contributed by atoms with Crippen molar-refractivity contribution in [3.05, 3.63) is 21.6 Å². The van der Waals surface area contributed by atoms with Gasteiger partial charge >= 0.3 is 5.97 Å². The van der Waals surface area contributed by atoms with Gasteiger partial charge in [-0.2, -0.15) is 4.39 Å². The molecule has 1 aromatic rings. The summed E-state index contributed by atoms with van der Waals surface area (Å²) in [6.45, 7) is 1.81. The largest absolute Gasteiger partial charge is 0.481 e. The molecule has 0 amide bonds. The number of halogens is 1. The summed E-state index contributed by atoms with van der Waals surface area (Å²) < 4.78 is 13.6. The predicted octanol–water partition coefficient (Wildman–Crippen LogP) is 3.09. The monoisotopic (exact) mass is 228 g/mol. The van der Waals surface area contributed by atoms with Gasteiger partial charge in [0.25, 0.3) is 0 Å². The molecule has 2 nitrogen and oxygen atoms in total. The van der Waals surface area contributed by atoms with Crippen molar-refractivity contribution in [3.8, 4) is 0 Å². The first-order chi connectivity index (χ1) is 7.06. The van der Waals surface area contributed by atoms with E-state index in [1.807, 2.05) is 6.92 Å². The molecule has 2 rings (SSSR count). The summed E-state index contributed by atoms with van der Waals surface area (Å²) >= 11 is 1.04. The zero-order valence-electron chi connectivity index (χ0n) is 8.55. The second kappa shape index (κ2) is 3.59. The van der Waals surface area contributed by atoms with E-state index in [-0.39, 0.29) is 5.13 Å². The van der Waals surface area contributed by atoms with E-state index >= 15 is 0 Å². The number of carboxylic acid groups (broad SMARTS) is 1. The van der Waals surface area contributed by atoms with Crippen LogP contribution in [0.2, 0.25) is 0 Å². The van der Waals surface area contributed by atoms with Gasteiger partial charge in [0, 0.05) is 10.4 Å². The summed E-state index contributed by atoms with van der Waals surface area (Å²) in [5.74, 6) is -0.878. The summed E-state index contributed by atoms with van der Waals surface area (Å²) in [6.07, 6.45) is 2.88. The van der Waals surface area contributed by atoms with Gasteiger partial charge in [-0.25, -0.2) is 0 Å². The molecule has 4 heteroatoms. The van der Waals surface area contributed by atoms with Crippen LogP contribution in [0.4, 0.5) is 4.39 Å². The molecule has 0 aliphatic heterocycles. The fraction of sp³-hybridized carbons (Fsp3) is 0.545. The maximum Gasteiger partial charge on any atom is 0.314 e. The molecule has 0 bridgehead atoms. The summed E-state index contributed by atoms with van der Waals surface area (Å²) in [4.78, 5) is 12.2. The molecule has 1 heterocycles. The first-order valence-corrected chi connectivity index (χ1v) is 5.88. The van der Waals surface area contributed by atoms with Gasteiger partial charge in [-0.15, -0.1) is 11.3 Å². The van der Waals surface area contributed by atoms with Gasteiger partial charge in [-0.05, 0) is 25.8 Å². The van der Waals surface area contributed by atoms with Crippen LogP contribution in [0, 0.1) is 12.1 Å². The van der Waals surface area contributed by atoms with Crippen LogP contribution >= 0.6 is 11.3 Å². The third-order valence-corrected chi connectivity index (χ3v) is 4.03. The van der Waals surface area contributed by atoms with Gasteiger partial charge in [0.2, 0.25) is 0 Å². The molecule has 82 valence electrons. The molecule has 15 heavy (non-hydrogen) atoms. The van der Waals surface area contributed by atoms with Crippen molar-refractivity contribution in [1.29, 1.82) is 0 Å². The van der Waals surface area contributed by atoms with Crippen molar-refractivity contribution < 1.29 is 14.3 Å². The Labute approximate surface area is 91.7 Å². The maximum atomic E-state index is 13.6.